The molecule has 25 heavy (non-hydrogen) atoms. The summed E-state index contributed by atoms with van der Waals surface area (Å²) >= 11 is 0. The van der Waals surface area contributed by atoms with Gasteiger partial charge in [0.15, 0.2) is 0 Å². The number of allylic oxidation sites excluding steroid dienone is 8. The van der Waals surface area contributed by atoms with E-state index in [1.165, 1.54) is 50.5 Å². The standard InChI is InChI=1S/C24H38O/c1-21(2)15-14-17-22(3)16-10-7-5-4-6-8-13-20-24(25)23-18-11-9-12-19-23/h4-8,10,13,20,22-25H,1,9,11-12,14-19H2,2-3H3/b5-4+,8-6-,10-7+,20-13+. The maximum Gasteiger partial charge on any atom is 0.0752 e. The Labute approximate surface area is 155 Å². The van der Waals surface area contributed by atoms with Crippen molar-refractivity contribution in [3.63, 3.8) is 0 Å². The summed E-state index contributed by atoms with van der Waals surface area (Å²) in [6, 6.07) is 0. The summed E-state index contributed by atoms with van der Waals surface area (Å²) in [6.45, 7) is 8.37. The van der Waals surface area contributed by atoms with Crippen molar-refractivity contribution in [2.45, 2.75) is 77.7 Å². The van der Waals surface area contributed by atoms with Gasteiger partial charge < -0.3 is 5.11 Å². The number of aliphatic hydroxyl groups is 1. The lowest BCUT2D eigenvalue weighted by Gasteiger charge is -2.24. The van der Waals surface area contributed by atoms with Gasteiger partial charge in [-0.1, -0.05) is 86.8 Å². The van der Waals surface area contributed by atoms with Crippen LogP contribution in [-0.4, -0.2) is 11.2 Å². The summed E-state index contributed by atoms with van der Waals surface area (Å²) in [4.78, 5) is 0. The fraction of sp³-hybridized carbons (Fsp3) is 0.583. The maximum atomic E-state index is 10.1. The highest BCUT2D eigenvalue weighted by Crippen LogP contribution is 2.26. The SMILES string of the molecule is C=C(C)CCCC(C)C/C=C/C=C/C=C\C=C\C(O)C1CCCCC1. The van der Waals surface area contributed by atoms with Crippen LogP contribution in [0.5, 0.6) is 0 Å². The fourth-order valence-corrected chi connectivity index (χ4v) is 3.33. The smallest absolute Gasteiger partial charge is 0.0752 e. The van der Waals surface area contributed by atoms with Crippen LogP contribution in [0.15, 0.2) is 60.8 Å². The molecule has 0 radical (unpaired) electrons. The van der Waals surface area contributed by atoms with Gasteiger partial charge in [0.25, 0.3) is 0 Å². The van der Waals surface area contributed by atoms with E-state index in [9.17, 15) is 5.11 Å². The van der Waals surface area contributed by atoms with Gasteiger partial charge in [0.05, 0.1) is 6.10 Å². The van der Waals surface area contributed by atoms with Crippen molar-refractivity contribution in [1.82, 2.24) is 0 Å². The lowest BCUT2D eigenvalue weighted by Crippen LogP contribution is -2.20. The first kappa shape index (κ1) is 21.7. The fourth-order valence-electron chi connectivity index (χ4n) is 3.33. The average molecular weight is 343 g/mol. The topological polar surface area (TPSA) is 20.2 Å². The Kier molecular flexibility index (Phi) is 12.1. The van der Waals surface area contributed by atoms with E-state index in [-0.39, 0.29) is 6.10 Å². The minimum Gasteiger partial charge on any atom is -0.389 e. The summed E-state index contributed by atoms with van der Waals surface area (Å²) in [5.41, 5.74) is 1.29. The van der Waals surface area contributed by atoms with Crippen molar-refractivity contribution < 1.29 is 5.11 Å². The Hall–Kier alpha value is -1.34. The Morgan fingerprint density at radius 2 is 1.68 bits per heavy atom. The number of hydrogen-bond donors (Lipinski definition) is 1. The molecule has 0 saturated heterocycles. The minimum absolute atomic E-state index is 0.278. The maximum absolute atomic E-state index is 10.1. The van der Waals surface area contributed by atoms with Crippen LogP contribution >= 0.6 is 0 Å². The Morgan fingerprint density at radius 1 is 1.04 bits per heavy atom. The summed E-state index contributed by atoms with van der Waals surface area (Å²) in [6.07, 6.45) is 27.2. The minimum atomic E-state index is -0.278. The predicted octanol–water partition coefficient (Wildman–Crippen LogP) is 6.93. The molecule has 1 aliphatic rings. The van der Waals surface area contributed by atoms with Crippen LogP contribution in [0.2, 0.25) is 0 Å². The van der Waals surface area contributed by atoms with Gasteiger partial charge in [-0.2, -0.15) is 0 Å². The number of hydrogen-bond acceptors (Lipinski definition) is 1. The van der Waals surface area contributed by atoms with E-state index in [2.05, 4.69) is 38.7 Å². The summed E-state index contributed by atoms with van der Waals surface area (Å²) in [5.74, 6) is 1.21. The zero-order chi connectivity index (χ0) is 18.3. The lowest BCUT2D eigenvalue weighted by atomic mass is 9.85. The van der Waals surface area contributed by atoms with E-state index in [1.807, 2.05) is 30.4 Å². The lowest BCUT2D eigenvalue weighted by molar-refractivity contribution is 0.125. The summed E-state index contributed by atoms with van der Waals surface area (Å²) < 4.78 is 0. The summed E-state index contributed by atoms with van der Waals surface area (Å²) in [7, 11) is 0. The molecule has 0 spiro atoms. The molecule has 0 aromatic heterocycles. The molecule has 2 atom stereocenters. The van der Waals surface area contributed by atoms with Gasteiger partial charge >= 0.3 is 0 Å². The molecule has 1 aliphatic carbocycles. The van der Waals surface area contributed by atoms with Crippen LogP contribution in [0.25, 0.3) is 0 Å². The van der Waals surface area contributed by atoms with E-state index in [1.54, 1.807) is 0 Å². The van der Waals surface area contributed by atoms with E-state index in [0.717, 1.165) is 18.8 Å². The second kappa shape index (κ2) is 13.9. The van der Waals surface area contributed by atoms with E-state index >= 15 is 0 Å². The van der Waals surface area contributed by atoms with Gasteiger partial charge in [0.2, 0.25) is 0 Å². The third kappa shape index (κ3) is 11.8. The van der Waals surface area contributed by atoms with Crippen molar-refractivity contribution in [2.24, 2.45) is 11.8 Å². The molecule has 0 aromatic rings. The quantitative estimate of drug-likeness (QED) is 0.319. The molecule has 0 amide bonds. The van der Waals surface area contributed by atoms with Crippen molar-refractivity contribution in [3.8, 4) is 0 Å². The van der Waals surface area contributed by atoms with Crippen molar-refractivity contribution in [3.05, 3.63) is 60.8 Å². The number of rotatable bonds is 11. The second-order valence-electron chi connectivity index (χ2n) is 7.66. The largest absolute Gasteiger partial charge is 0.389 e. The van der Waals surface area contributed by atoms with Crippen LogP contribution in [0.1, 0.15) is 71.6 Å². The van der Waals surface area contributed by atoms with E-state index in [4.69, 9.17) is 0 Å². The zero-order valence-corrected chi connectivity index (χ0v) is 16.4. The first-order valence-electron chi connectivity index (χ1n) is 10.1. The summed E-state index contributed by atoms with van der Waals surface area (Å²) in [5, 5.41) is 10.1. The van der Waals surface area contributed by atoms with Crippen LogP contribution in [0.4, 0.5) is 0 Å². The first-order valence-corrected chi connectivity index (χ1v) is 10.1. The van der Waals surface area contributed by atoms with E-state index in [0.29, 0.717) is 5.92 Å². The second-order valence-corrected chi connectivity index (χ2v) is 7.66. The normalized spacial score (nSPS) is 19.5. The van der Waals surface area contributed by atoms with Gasteiger partial charge in [0.1, 0.15) is 0 Å². The van der Waals surface area contributed by atoms with Crippen LogP contribution < -0.4 is 0 Å². The van der Waals surface area contributed by atoms with Gasteiger partial charge in [-0.25, -0.2) is 0 Å². The highest BCUT2D eigenvalue weighted by molar-refractivity contribution is 5.16. The third-order valence-corrected chi connectivity index (χ3v) is 4.97. The molecule has 1 rings (SSSR count). The molecule has 1 saturated carbocycles. The Balaban J connectivity index is 2.13. The third-order valence-electron chi connectivity index (χ3n) is 4.97. The zero-order valence-electron chi connectivity index (χ0n) is 16.4. The molecule has 0 heterocycles. The van der Waals surface area contributed by atoms with Gasteiger partial charge in [-0.15, -0.1) is 6.58 Å². The molecule has 0 bridgehead atoms. The van der Waals surface area contributed by atoms with Crippen LogP contribution in [0.3, 0.4) is 0 Å². The van der Waals surface area contributed by atoms with Gasteiger partial charge in [-0.05, 0) is 50.9 Å². The monoisotopic (exact) mass is 342 g/mol. The molecule has 1 nitrogen and oxygen atoms in total. The molecule has 1 N–H and O–H groups in total. The van der Waals surface area contributed by atoms with Crippen LogP contribution in [-0.2, 0) is 0 Å². The molecule has 2 unspecified atom stereocenters. The van der Waals surface area contributed by atoms with Crippen molar-refractivity contribution in [2.75, 3.05) is 0 Å². The average Bonchev–Trinajstić information content (AvgIpc) is 2.60. The van der Waals surface area contributed by atoms with Crippen molar-refractivity contribution >= 4 is 0 Å². The van der Waals surface area contributed by atoms with Crippen molar-refractivity contribution in [1.29, 1.82) is 0 Å². The molecular weight excluding hydrogens is 304 g/mol. The van der Waals surface area contributed by atoms with Crippen LogP contribution in [0, 0.1) is 11.8 Å². The Bertz CT molecular complexity index is 460. The molecule has 140 valence electrons. The molecule has 1 fully saturated rings. The highest BCUT2D eigenvalue weighted by atomic mass is 16.3. The number of aliphatic hydroxyl groups excluding tert-OH is 1. The van der Waals surface area contributed by atoms with Gasteiger partial charge in [0, 0.05) is 0 Å². The molecular formula is C24H38O. The molecule has 0 aromatic carbocycles. The van der Waals surface area contributed by atoms with E-state index < -0.39 is 0 Å². The predicted molar refractivity (Wildman–Crippen MR) is 112 cm³/mol. The Morgan fingerprint density at radius 3 is 2.36 bits per heavy atom. The molecule has 1 heteroatoms. The highest BCUT2D eigenvalue weighted by Gasteiger charge is 2.18. The van der Waals surface area contributed by atoms with Gasteiger partial charge in [-0.3, -0.25) is 0 Å². The first-order chi connectivity index (χ1) is 12.1. The molecule has 0 aliphatic heterocycles.